The molecule has 1 N–H and O–H groups in total. The van der Waals surface area contributed by atoms with Crippen LogP contribution in [0, 0.1) is 0 Å². The third kappa shape index (κ3) is 4.14. The maximum absolute atomic E-state index is 12.6. The van der Waals surface area contributed by atoms with Crippen LogP contribution in [0.15, 0.2) is 57.9 Å². The number of ether oxygens (including phenoxy) is 2. The topological polar surface area (TPSA) is 81.7 Å². The molecule has 0 radical (unpaired) electrons. The summed E-state index contributed by atoms with van der Waals surface area (Å²) in [5, 5.41) is 0. The normalized spacial score (nSPS) is 12.5. The molecule has 8 heteroatoms. The molecule has 0 saturated carbocycles. The first-order valence-corrected chi connectivity index (χ1v) is 9.15. The molecule has 0 aliphatic carbocycles. The molecule has 0 saturated heterocycles. The minimum Gasteiger partial charge on any atom is -0.496 e. The first-order valence-electron chi connectivity index (χ1n) is 6.87. The molecule has 6 nitrogen and oxygen atoms in total. The van der Waals surface area contributed by atoms with Gasteiger partial charge in [-0.15, -0.1) is 0 Å². The van der Waals surface area contributed by atoms with Crippen molar-refractivity contribution in [1.29, 1.82) is 0 Å². The smallest absolute Gasteiger partial charge is 0.328 e. The lowest BCUT2D eigenvalue weighted by Crippen LogP contribution is -2.34. The molecule has 2 rings (SSSR count). The Morgan fingerprint density at radius 3 is 2.33 bits per heavy atom. The zero-order valence-corrected chi connectivity index (χ0v) is 15.4. The van der Waals surface area contributed by atoms with Crippen LogP contribution in [0.1, 0.15) is 11.6 Å². The monoisotopic (exact) mass is 413 g/mol. The van der Waals surface area contributed by atoms with E-state index < -0.39 is 22.0 Å². The zero-order chi connectivity index (χ0) is 17.7. The highest BCUT2D eigenvalue weighted by Gasteiger charge is 2.28. The Hall–Kier alpha value is -1.90. The Balaban J connectivity index is 2.37. The maximum Gasteiger partial charge on any atom is 0.328 e. The number of methoxy groups -OCH3 is 2. The van der Waals surface area contributed by atoms with E-state index in [2.05, 4.69) is 20.7 Å². The van der Waals surface area contributed by atoms with E-state index >= 15 is 0 Å². The fourth-order valence-electron chi connectivity index (χ4n) is 2.05. The van der Waals surface area contributed by atoms with Crippen LogP contribution in [-0.4, -0.2) is 28.6 Å². The molecule has 128 valence electrons. The Bertz CT molecular complexity index is 824. The second kappa shape index (κ2) is 7.78. The van der Waals surface area contributed by atoms with Crippen LogP contribution < -0.4 is 9.46 Å². The number of hydrogen-bond donors (Lipinski definition) is 1. The van der Waals surface area contributed by atoms with E-state index in [1.165, 1.54) is 32.4 Å². The minimum atomic E-state index is -3.95. The first-order chi connectivity index (χ1) is 11.4. The molecular formula is C16H16BrNO5S. The quantitative estimate of drug-likeness (QED) is 0.736. The zero-order valence-electron chi connectivity index (χ0n) is 13.0. The van der Waals surface area contributed by atoms with Crippen molar-refractivity contribution in [3.63, 3.8) is 0 Å². The van der Waals surface area contributed by atoms with E-state index in [0.29, 0.717) is 15.8 Å². The number of hydrogen-bond acceptors (Lipinski definition) is 5. The Morgan fingerprint density at radius 2 is 1.79 bits per heavy atom. The fraction of sp³-hybridized carbons (Fsp3) is 0.188. The average molecular weight is 414 g/mol. The SMILES string of the molecule is COC(=O)C(NS(=O)(=O)c1ccc(OC)c(Br)c1)c1ccccc1. The summed E-state index contributed by atoms with van der Waals surface area (Å²) in [6.07, 6.45) is 0. The molecule has 2 aromatic carbocycles. The van der Waals surface area contributed by atoms with Gasteiger partial charge in [0.25, 0.3) is 0 Å². The molecule has 0 heterocycles. The van der Waals surface area contributed by atoms with Gasteiger partial charge >= 0.3 is 5.97 Å². The number of sulfonamides is 1. The number of nitrogens with one attached hydrogen (secondary N) is 1. The third-order valence-corrected chi connectivity index (χ3v) is 5.32. The standard InChI is InChI=1S/C16H16BrNO5S/c1-22-14-9-8-12(10-13(14)17)24(20,21)18-15(16(19)23-2)11-6-4-3-5-7-11/h3-10,15,18H,1-2H3. The van der Waals surface area contributed by atoms with Crippen molar-refractivity contribution in [2.24, 2.45) is 0 Å². The van der Waals surface area contributed by atoms with Crippen LogP contribution in [0.25, 0.3) is 0 Å². The van der Waals surface area contributed by atoms with E-state index in [0.717, 1.165) is 0 Å². The molecule has 0 amide bonds. The second-order valence-electron chi connectivity index (χ2n) is 4.78. The van der Waals surface area contributed by atoms with Gasteiger partial charge in [0, 0.05) is 0 Å². The van der Waals surface area contributed by atoms with Crippen molar-refractivity contribution in [2.45, 2.75) is 10.9 Å². The van der Waals surface area contributed by atoms with Gasteiger partial charge in [-0.25, -0.2) is 13.2 Å². The van der Waals surface area contributed by atoms with Crippen LogP contribution in [0.3, 0.4) is 0 Å². The van der Waals surface area contributed by atoms with Crippen LogP contribution in [0.4, 0.5) is 0 Å². The van der Waals surface area contributed by atoms with Gasteiger partial charge in [0.1, 0.15) is 11.8 Å². The van der Waals surface area contributed by atoms with Crippen molar-refractivity contribution in [1.82, 2.24) is 4.72 Å². The molecule has 0 fully saturated rings. The van der Waals surface area contributed by atoms with Crippen LogP contribution in [-0.2, 0) is 19.6 Å². The van der Waals surface area contributed by atoms with Crippen molar-refractivity contribution < 1.29 is 22.7 Å². The Labute approximate surface area is 149 Å². The Kier molecular flexibility index (Phi) is 5.98. The van der Waals surface area contributed by atoms with Gasteiger partial charge in [-0.1, -0.05) is 30.3 Å². The van der Waals surface area contributed by atoms with Gasteiger partial charge in [-0.05, 0) is 39.7 Å². The van der Waals surface area contributed by atoms with Crippen molar-refractivity contribution >= 4 is 31.9 Å². The Morgan fingerprint density at radius 1 is 1.12 bits per heavy atom. The third-order valence-electron chi connectivity index (χ3n) is 3.28. The molecule has 0 aliphatic heterocycles. The molecule has 1 unspecified atom stereocenters. The van der Waals surface area contributed by atoms with E-state index in [9.17, 15) is 13.2 Å². The highest BCUT2D eigenvalue weighted by molar-refractivity contribution is 9.10. The summed E-state index contributed by atoms with van der Waals surface area (Å²) >= 11 is 3.24. The number of esters is 1. The van der Waals surface area contributed by atoms with E-state index in [4.69, 9.17) is 9.47 Å². The van der Waals surface area contributed by atoms with Crippen LogP contribution in [0.2, 0.25) is 0 Å². The van der Waals surface area contributed by atoms with Crippen molar-refractivity contribution in [2.75, 3.05) is 14.2 Å². The molecular weight excluding hydrogens is 398 g/mol. The lowest BCUT2D eigenvalue weighted by molar-refractivity contribution is -0.142. The minimum absolute atomic E-state index is 0.00000850. The number of rotatable bonds is 6. The summed E-state index contributed by atoms with van der Waals surface area (Å²) in [6, 6.07) is 11.7. The highest BCUT2D eigenvalue weighted by atomic mass is 79.9. The largest absolute Gasteiger partial charge is 0.496 e. The van der Waals surface area contributed by atoms with E-state index in [1.54, 1.807) is 30.3 Å². The summed E-state index contributed by atoms with van der Waals surface area (Å²) in [4.78, 5) is 12.0. The number of benzene rings is 2. The van der Waals surface area contributed by atoms with Gasteiger partial charge in [0.2, 0.25) is 10.0 Å². The van der Waals surface area contributed by atoms with Crippen LogP contribution in [0.5, 0.6) is 5.75 Å². The summed E-state index contributed by atoms with van der Waals surface area (Å²) in [5.41, 5.74) is 0.487. The molecule has 0 aliphatic rings. The van der Waals surface area contributed by atoms with Gasteiger partial charge < -0.3 is 9.47 Å². The molecule has 2 aromatic rings. The molecule has 1 atom stereocenters. The summed E-state index contributed by atoms with van der Waals surface area (Å²) < 4.78 is 37.9. The molecule has 0 bridgehead atoms. The van der Waals surface area contributed by atoms with Crippen molar-refractivity contribution in [3.8, 4) is 5.75 Å². The summed E-state index contributed by atoms with van der Waals surface area (Å²) in [7, 11) is -1.26. The van der Waals surface area contributed by atoms with E-state index in [-0.39, 0.29) is 4.90 Å². The fourth-order valence-corrected chi connectivity index (χ4v) is 3.94. The van der Waals surface area contributed by atoms with Gasteiger partial charge in [-0.3, -0.25) is 0 Å². The number of carbonyl (C=O) groups excluding carboxylic acids is 1. The molecule has 0 spiro atoms. The molecule has 0 aromatic heterocycles. The number of carbonyl (C=O) groups is 1. The maximum atomic E-state index is 12.6. The average Bonchev–Trinajstić information content (AvgIpc) is 2.59. The van der Waals surface area contributed by atoms with Crippen LogP contribution >= 0.6 is 15.9 Å². The lowest BCUT2D eigenvalue weighted by atomic mass is 10.1. The lowest BCUT2D eigenvalue weighted by Gasteiger charge is -2.17. The van der Waals surface area contributed by atoms with Gasteiger partial charge in [0.05, 0.1) is 23.6 Å². The van der Waals surface area contributed by atoms with Gasteiger partial charge in [0.15, 0.2) is 0 Å². The predicted octanol–water partition coefficient (Wildman–Crippen LogP) is 2.65. The number of halogens is 1. The van der Waals surface area contributed by atoms with Gasteiger partial charge in [-0.2, -0.15) is 4.72 Å². The van der Waals surface area contributed by atoms with E-state index in [1.807, 2.05) is 0 Å². The highest BCUT2D eigenvalue weighted by Crippen LogP contribution is 2.28. The first kappa shape index (κ1) is 18.4. The molecule has 24 heavy (non-hydrogen) atoms. The van der Waals surface area contributed by atoms with Crippen molar-refractivity contribution in [3.05, 3.63) is 58.6 Å². The summed E-state index contributed by atoms with van der Waals surface area (Å²) in [6.45, 7) is 0. The second-order valence-corrected chi connectivity index (χ2v) is 7.35. The summed E-state index contributed by atoms with van der Waals surface area (Å²) in [5.74, 6) is -0.195. The predicted molar refractivity (Wildman–Crippen MR) is 92.2 cm³/mol.